The van der Waals surface area contributed by atoms with Crippen LogP contribution in [0.5, 0.6) is 0 Å². The molecule has 0 amide bonds. The summed E-state index contributed by atoms with van der Waals surface area (Å²) >= 11 is 1.87. The van der Waals surface area contributed by atoms with Gasteiger partial charge in [0, 0.05) is 9.13 Å². The number of benzene rings is 1. The van der Waals surface area contributed by atoms with E-state index in [0.717, 1.165) is 0 Å². The van der Waals surface area contributed by atoms with Crippen molar-refractivity contribution >= 4 is 22.6 Å². The minimum absolute atomic E-state index is 0.0124. The van der Waals surface area contributed by atoms with Crippen molar-refractivity contribution < 1.29 is 18.3 Å². The van der Waals surface area contributed by atoms with E-state index in [1.807, 2.05) is 22.6 Å². The van der Waals surface area contributed by atoms with Crippen molar-refractivity contribution in [3.05, 3.63) is 32.9 Å². The van der Waals surface area contributed by atoms with E-state index in [0.29, 0.717) is 9.13 Å². The van der Waals surface area contributed by atoms with Crippen LogP contribution in [0, 0.1) is 3.57 Å². The first kappa shape index (κ1) is 11.8. The molecular formula is C9H6F3IN2O. The molecule has 1 heterocycles. The molecule has 0 atom stereocenters. The number of aliphatic hydroxyl groups excluding tert-OH is 1. The fraction of sp³-hybridized carbons (Fsp3) is 0.333. The van der Waals surface area contributed by atoms with Gasteiger partial charge in [-0.15, -0.1) is 10.2 Å². The summed E-state index contributed by atoms with van der Waals surface area (Å²) in [6, 6.07) is 4.09. The second-order valence-corrected chi connectivity index (χ2v) is 4.50. The molecule has 2 rings (SSSR count). The average Bonchev–Trinajstić information content (AvgIpc) is 2.97. The number of hydrogen-bond donors (Lipinski definition) is 1. The molecule has 1 aromatic carbocycles. The first-order chi connectivity index (χ1) is 7.40. The van der Waals surface area contributed by atoms with Gasteiger partial charge in [0.25, 0.3) is 0 Å². The summed E-state index contributed by atoms with van der Waals surface area (Å²) < 4.78 is 38.5. The van der Waals surface area contributed by atoms with E-state index in [1.165, 1.54) is 18.2 Å². The topological polar surface area (TPSA) is 45.0 Å². The minimum atomic E-state index is -4.50. The number of rotatable bonds is 2. The quantitative estimate of drug-likeness (QED) is 0.826. The molecule has 0 aliphatic carbocycles. The molecule has 0 aromatic heterocycles. The maximum absolute atomic E-state index is 12.7. The van der Waals surface area contributed by atoms with Gasteiger partial charge in [-0.3, -0.25) is 0 Å². The number of hydrogen-bond acceptors (Lipinski definition) is 3. The third-order valence-corrected chi connectivity index (χ3v) is 3.33. The van der Waals surface area contributed by atoms with Crippen molar-refractivity contribution in [3.63, 3.8) is 0 Å². The SMILES string of the molecule is OCc1ccc(C2(C(F)(F)F)N=N2)cc1I. The van der Waals surface area contributed by atoms with E-state index >= 15 is 0 Å². The smallest absolute Gasteiger partial charge is 0.392 e. The highest BCUT2D eigenvalue weighted by Gasteiger charge is 2.65. The molecule has 7 heteroatoms. The second-order valence-electron chi connectivity index (χ2n) is 3.33. The minimum Gasteiger partial charge on any atom is -0.392 e. The van der Waals surface area contributed by atoms with Crippen LogP contribution in [-0.4, -0.2) is 11.3 Å². The molecule has 1 aliphatic heterocycles. The molecule has 86 valence electrons. The third-order valence-electron chi connectivity index (χ3n) is 2.32. The van der Waals surface area contributed by atoms with Crippen molar-refractivity contribution in [1.82, 2.24) is 0 Å². The van der Waals surface area contributed by atoms with Crippen molar-refractivity contribution in [3.8, 4) is 0 Å². The molecule has 0 unspecified atom stereocenters. The Labute approximate surface area is 103 Å². The van der Waals surface area contributed by atoms with Crippen LogP contribution in [0.1, 0.15) is 11.1 Å². The average molecular weight is 342 g/mol. The molecule has 0 saturated heterocycles. The number of alkyl halides is 3. The van der Waals surface area contributed by atoms with Crippen LogP contribution < -0.4 is 0 Å². The molecule has 1 aliphatic rings. The van der Waals surface area contributed by atoms with Gasteiger partial charge in [-0.25, -0.2) is 0 Å². The van der Waals surface area contributed by atoms with Crippen molar-refractivity contribution in [2.24, 2.45) is 10.2 Å². The Morgan fingerprint density at radius 1 is 1.31 bits per heavy atom. The molecule has 3 nitrogen and oxygen atoms in total. The second kappa shape index (κ2) is 3.66. The Morgan fingerprint density at radius 3 is 2.31 bits per heavy atom. The third kappa shape index (κ3) is 1.71. The maximum Gasteiger partial charge on any atom is 0.442 e. The molecule has 0 spiro atoms. The lowest BCUT2D eigenvalue weighted by Gasteiger charge is -2.15. The lowest BCUT2D eigenvalue weighted by atomic mass is 10.0. The van der Waals surface area contributed by atoms with Gasteiger partial charge in [0.05, 0.1) is 6.61 Å². The van der Waals surface area contributed by atoms with Gasteiger partial charge >= 0.3 is 11.8 Å². The first-order valence-corrected chi connectivity index (χ1v) is 5.39. The van der Waals surface area contributed by atoms with E-state index in [-0.39, 0.29) is 12.2 Å². The zero-order chi connectivity index (χ0) is 12.0. The standard InChI is InChI=1S/C9H6F3IN2O/c10-9(11,12)8(14-15-8)6-2-1-5(4-16)7(13)3-6/h1-3,16H,4H2. The zero-order valence-corrected chi connectivity index (χ0v) is 9.95. The van der Waals surface area contributed by atoms with Crippen LogP contribution in [-0.2, 0) is 12.3 Å². The Bertz CT molecular complexity index is 453. The maximum atomic E-state index is 12.7. The van der Waals surface area contributed by atoms with E-state index in [1.54, 1.807) is 0 Å². The highest BCUT2D eigenvalue weighted by Crippen LogP contribution is 2.52. The van der Waals surface area contributed by atoms with E-state index in [2.05, 4.69) is 10.2 Å². The van der Waals surface area contributed by atoms with Crippen LogP contribution in [0.25, 0.3) is 0 Å². The summed E-state index contributed by atoms with van der Waals surface area (Å²) in [4.78, 5) is 0. The predicted octanol–water partition coefficient (Wildman–Crippen LogP) is 2.96. The summed E-state index contributed by atoms with van der Waals surface area (Å²) in [5, 5.41) is 15.1. The normalized spacial score (nSPS) is 17.6. The van der Waals surface area contributed by atoms with Crippen molar-refractivity contribution in [2.75, 3.05) is 0 Å². The van der Waals surface area contributed by atoms with Crippen LogP contribution >= 0.6 is 22.6 Å². The predicted molar refractivity (Wildman–Crippen MR) is 57.7 cm³/mol. The summed E-state index contributed by atoms with van der Waals surface area (Å²) in [5.74, 6) is 0. The van der Waals surface area contributed by atoms with Gasteiger partial charge in [-0.1, -0.05) is 12.1 Å². The fourth-order valence-corrected chi connectivity index (χ4v) is 2.02. The highest BCUT2D eigenvalue weighted by atomic mass is 127. The number of aliphatic hydroxyl groups is 1. The monoisotopic (exact) mass is 342 g/mol. The molecule has 0 fully saturated rings. The van der Waals surface area contributed by atoms with E-state index in [4.69, 9.17) is 5.11 Å². The summed E-state index contributed by atoms with van der Waals surface area (Å²) in [7, 11) is 0. The fourth-order valence-electron chi connectivity index (χ4n) is 1.33. The van der Waals surface area contributed by atoms with Gasteiger partial charge in [0.15, 0.2) is 0 Å². The van der Waals surface area contributed by atoms with Crippen molar-refractivity contribution in [1.29, 1.82) is 0 Å². The molecular weight excluding hydrogens is 336 g/mol. The largest absolute Gasteiger partial charge is 0.442 e. The lowest BCUT2D eigenvalue weighted by molar-refractivity contribution is -0.166. The lowest BCUT2D eigenvalue weighted by Crippen LogP contribution is -2.30. The Morgan fingerprint density at radius 2 is 1.94 bits per heavy atom. The van der Waals surface area contributed by atoms with Crippen molar-refractivity contribution in [2.45, 2.75) is 18.4 Å². The Kier molecular flexibility index (Phi) is 2.69. The van der Waals surface area contributed by atoms with Crippen LogP contribution in [0.2, 0.25) is 0 Å². The van der Waals surface area contributed by atoms with Gasteiger partial charge in [-0.05, 0) is 34.2 Å². The van der Waals surface area contributed by atoms with Gasteiger partial charge in [0.2, 0.25) is 0 Å². The Balaban J connectivity index is 2.40. The zero-order valence-electron chi connectivity index (χ0n) is 7.79. The van der Waals surface area contributed by atoms with Gasteiger partial charge < -0.3 is 5.11 Å². The van der Waals surface area contributed by atoms with Gasteiger partial charge in [0.1, 0.15) is 0 Å². The highest BCUT2D eigenvalue weighted by molar-refractivity contribution is 14.1. The summed E-state index contributed by atoms with van der Waals surface area (Å²) in [6.45, 7) is -0.203. The molecule has 0 bridgehead atoms. The number of halogens is 4. The molecule has 0 radical (unpaired) electrons. The molecule has 16 heavy (non-hydrogen) atoms. The van der Waals surface area contributed by atoms with Crippen LogP contribution in [0.15, 0.2) is 28.4 Å². The molecule has 1 aromatic rings. The summed E-state index contributed by atoms with van der Waals surface area (Å²) in [5.41, 5.74) is -1.80. The van der Waals surface area contributed by atoms with E-state index in [9.17, 15) is 13.2 Å². The van der Waals surface area contributed by atoms with E-state index < -0.39 is 11.8 Å². The van der Waals surface area contributed by atoms with Crippen LogP contribution in [0.3, 0.4) is 0 Å². The van der Waals surface area contributed by atoms with Crippen LogP contribution in [0.4, 0.5) is 13.2 Å². The first-order valence-electron chi connectivity index (χ1n) is 4.31. The Hall–Kier alpha value is -0.700. The molecule has 0 saturated carbocycles. The molecule has 1 N–H and O–H groups in total. The number of nitrogens with zero attached hydrogens (tertiary/aromatic N) is 2. The van der Waals surface area contributed by atoms with Gasteiger partial charge in [-0.2, -0.15) is 13.2 Å². The summed E-state index contributed by atoms with van der Waals surface area (Å²) in [6.07, 6.45) is -4.50.